The molecule has 0 aromatic heterocycles. The smallest absolute Gasteiger partial charge is 0.0525 e. The van der Waals surface area contributed by atoms with Crippen LogP contribution in [0.2, 0.25) is 0 Å². The summed E-state index contributed by atoms with van der Waals surface area (Å²) in [5.41, 5.74) is 0. The second-order valence-electron chi connectivity index (χ2n) is 16.6. The van der Waals surface area contributed by atoms with E-state index >= 15 is 0 Å². The number of rotatable bonds is 17. The maximum Gasteiger partial charge on any atom is 0.0525 e. The zero-order valence-corrected chi connectivity index (χ0v) is 37.2. The molecule has 0 bridgehead atoms. The van der Waals surface area contributed by atoms with Crippen LogP contribution in [0.1, 0.15) is 48.5 Å². The summed E-state index contributed by atoms with van der Waals surface area (Å²) in [6, 6.07) is 0.722. The summed E-state index contributed by atoms with van der Waals surface area (Å²) >= 11 is 0. The molecule has 0 N–H and O–H groups in total. The predicted octanol–water partition coefficient (Wildman–Crippen LogP) is 3.65. The molecule has 0 fully saturated rings. The fourth-order valence-corrected chi connectivity index (χ4v) is 5.33. The van der Waals surface area contributed by atoms with Crippen molar-refractivity contribution in [2.75, 3.05) is 174 Å². The second kappa shape index (κ2) is 34.0. The van der Waals surface area contributed by atoms with E-state index in [1.54, 1.807) is 0 Å². The zero-order chi connectivity index (χ0) is 38.6. The lowest BCUT2D eigenvalue weighted by atomic mass is 9.92. The Hall–Kier alpha value is -0.440. The third-order valence-electron chi connectivity index (χ3n) is 5.51. The van der Waals surface area contributed by atoms with Gasteiger partial charge in [0.25, 0.3) is 0 Å². The molecular weight excluding hydrogens is 586 g/mol. The lowest BCUT2D eigenvalue weighted by molar-refractivity contribution is 0.0743. The normalized spacial score (nSPS) is 12.0. The highest BCUT2D eigenvalue weighted by Crippen LogP contribution is 2.16. The quantitative estimate of drug-likeness (QED) is 0.212. The number of hydrogen-bond donors (Lipinski definition) is 0. The summed E-state index contributed by atoms with van der Waals surface area (Å²) in [7, 11) is 37.7. The van der Waals surface area contributed by atoms with Crippen molar-refractivity contribution in [3.8, 4) is 0 Å². The van der Waals surface area contributed by atoms with Gasteiger partial charge in [-0.3, -0.25) is 49.0 Å². The standard InChI is InChI=1S/2C9H24N4.C9H21N.C5H14N2.C4H10/c1-10(2)7-12(5)9-13(6)8-11(3)4;1-10(2)7-13(8-11(3)4)9-12(5)6;1-7(2)9(8(3)4)10(5)6;1-6(2)5-7(3)4;1-4(2)3/h2*7-9H2,1-6H3;7-9H,1-6H3;5H2,1-4H3;4H,1-3H3. The van der Waals surface area contributed by atoms with Crippen LogP contribution in [-0.2, 0) is 0 Å². The molecule has 292 valence electrons. The summed E-state index contributed by atoms with van der Waals surface area (Å²) in [6.45, 7) is 22.6. The third-order valence-corrected chi connectivity index (χ3v) is 5.51. The number of nitrogens with zero attached hydrogens (tertiary/aromatic N) is 11. The Morgan fingerprint density at radius 3 is 0.617 bits per heavy atom. The topological polar surface area (TPSA) is 35.6 Å². The Morgan fingerprint density at radius 1 is 0.298 bits per heavy atom. The minimum absolute atomic E-state index is 0.722. The van der Waals surface area contributed by atoms with Crippen LogP contribution in [0, 0.1) is 17.8 Å². The van der Waals surface area contributed by atoms with Crippen LogP contribution < -0.4 is 0 Å². The van der Waals surface area contributed by atoms with Crippen molar-refractivity contribution in [1.82, 2.24) is 53.9 Å². The van der Waals surface area contributed by atoms with Crippen LogP contribution in [0.4, 0.5) is 0 Å². The minimum Gasteiger partial charge on any atom is -0.306 e. The highest BCUT2D eigenvalue weighted by atomic mass is 15.4. The third kappa shape index (κ3) is 55.2. The Labute approximate surface area is 299 Å². The molecule has 0 aliphatic carbocycles. The minimum atomic E-state index is 0.722. The van der Waals surface area contributed by atoms with Gasteiger partial charge in [0.2, 0.25) is 0 Å². The van der Waals surface area contributed by atoms with Crippen molar-refractivity contribution >= 4 is 0 Å². The maximum atomic E-state index is 2.38. The Morgan fingerprint density at radius 2 is 0.511 bits per heavy atom. The van der Waals surface area contributed by atoms with Gasteiger partial charge in [0.1, 0.15) is 0 Å². The van der Waals surface area contributed by atoms with Crippen LogP contribution in [0.25, 0.3) is 0 Å². The molecule has 0 aliphatic rings. The average Bonchev–Trinajstić information content (AvgIpc) is 2.75. The van der Waals surface area contributed by atoms with Gasteiger partial charge in [-0.2, -0.15) is 0 Å². The lowest BCUT2D eigenvalue weighted by Crippen LogP contribution is -2.44. The Balaban J connectivity index is -0.000000164. The van der Waals surface area contributed by atoms with Crippen molar-refractivity contribution in [2.24, 2.45) is 17.8 Å². The molecule has 0 amide bonds. The summed E-state index contributed by atoms with van der Waals surface area (Å²) in [5.74, 6) is 2.35. The molecule has 0 heterocycles. The SMILES string of the molecule is CC(C)C.CC(C)C(C(C)C)N(C)C.CN(C)CN(C)C.CN(C)CN(C)CN(C)CN(C)C.CN(C)CN(CN(C)C)CN(C)C. The molecule has 11 heteroatoms. The predicted molar refractivity (Wildman–Crippen MR) is 215 cm³/mol. The fourth-order valence-electron chi connectivity index (χ4n) is 5.33. The van der Waals surface area contributed by atoms with Gasteiger partial charge >= 0.3 is 0 Å². The van der Waals surface area contributed by atoms with Crippen molar-refractivity contribution in [3.05, 3.63) is 0 Å². The van der Waals surface area contributed by atoms with Crippen LogP contribution >= 0.6 is 0 Å². The van der Waals surface area contributed by atoms with E-state index in [1.807, 2.05) is 0 Å². The van der Waals surface area contributed by atoms with E-state index in [4.69, 9.17) is 0 Å². The molecule has 0 saturated carbocycles. The van der Waals surface area contributed by atoms with Crippen molar-refractivity contribution < 1.29 is 0 Å². The lowest BCUT2D eigenvalue weighted by Gasteiger charge is -2.31. The molecule has 0 spiro atoms. The van der Waals surface area contributed by atoms with Gasteiger partial charge in [0.05, 0.1) is 40.0 Å². The first-order chi connectivity index (χ1) is 21.1. The molecule has 0 unspecified atom stereocenters. The molecule has 0 saturated heterocycles. The summed E-state index contributed by atoms with van der Waals surface area (Å²) in [5, 5.41) is 0. The van der Waals surface area contributed by atoms with E-state index < -0.39 is 0 Å². The van der Waals surface area contributed by atoms with Gasteiger partial charge in [-0.15, -0.1) is 0 Å². The van der Waals surface area contributed by atoms with Crippen LogP contribution in [0.15, 0.2) is 0 Å². The van der Waals surface area contributed by atoms with E-state index in [0.29, 0.717) is 0 Å². The Bertz CT molecular complexity index is 542. The summed E-state index contributed by atoms with van der Waals surface area (Å²) in [6.07, 6.45) is 0. The van der Waals surface area contributed by atoms with E-state index in [9.17, 15) is 0 Å². The Kier molecular flexibility index (Phi) is 40.5. The van der Waals surface area contributed by atoms with Gasteiger partial charge in [0.15, 0.2) is 0 Å². The van der Waals surface area contributed by atoms with Gasteiger partial charge in [-0.05, 0) is 145 Å². The maximum absolute atomic E-state index is 2.38. The van der Waals surface area contributed by atoms with E-state index in [0.717, 1.165) is 70.5 Å². The van der Waals surface area contributed by atoms with E-state index in [1.165, 1.54) is 0 Å². The molecule has 0 aromatic carbocycles. The van der Waals surface area contributed by atoms with Crippen molar-refractivity contribution in [3.63, 3.8) is 0 Å². The molecule has 0 radical (unpaired) electrons. The largest absolute Gasteiger partial charge is 0.306 e. The first kappa shape index (κ1) is 56.0. The molecule has 0 aromatic rings. The molecule has 0 atom stereocenters. The highest BCUT2D eigenvalue weighted by Gasteiger charge is 2.18. The highest BCUT2D eigenvalue weighted by molar-refractivity contribution is 4.72. The van der Waals surface area contributed by atoms with Gasteiger partial charge in [-0.1, -0.05) is 48.5 Å². The first-order valence-electron chi connectivity index (χ1n) is 17.4. The van der Waals surface area contributed by atoms with E-state index in [2.05, 4.69) is 229 Å². The molecule has 0 aliphatic heterocycles. The van der Waals surface area contributed by atoms with Gasteiger partial charge in [0, 0.05) is 12.7 Å². The molecule has 47 heavy (non-hydrogen) atoms. The monoisotopic (exact) mass is 680 g/mol. The first-order valence-corrected chi connectivity index (χ1v) is 17.4. The molecular formula is C36H93N11. The molecule has 0 rings (SSSR count). The van der Waals surface area contributed by atoms with Crippen LogP contribution in [0.3, 0.4) is 0 Å². The summed E-state index contributed by atoms with van der Waals surface area (Å²) < 4.78 is 0. The number of hydrogen-bond acceptors (Lipinski definition) is 11. The average molecular weight is 680 g/mol. The second-order valence-corrected chi connectivity index (χ2v) is 16.6. The zero-order valence-electron chi connectivity index (χ0n) is 37.2. The van der Waals surface area contributed by atoms with Crippen molar-refractivity contribution in [2.45, 2.75) is 54.5 Å². The van der Waals surface area contributed by atoms with Gasteiger partial charge in [-0.25, -0.2) is 0 Å². The van der Waals surface area contributed by atoms with Gasteiger partial charge < -0.3 is 4.90 Å². The molecule has 11 nitrogen and oxygen atoms in total. The summed E-state index contributed by atoms with van der Waals surface area (Å²) in [4.78, 5) is 24.4. The fraction of sp³-hybridized carbons (Fsp3) is 1.00. The van der Waals surface area contributed by atoms with Crippen LogP contribution in [-0.4, -0.2) is 233 Å². The van der Waals surface area contributed by atoms with E-state index in [-0.39, 0.29) is 0 Å². The van der Waals surface area contributed by atoms with Crippen LogP contribution in [0.5, 0.6) is 0 Å². The van der Waals surface area contributed by atoms with Crippen molar-refractivity contribution in [1.29, 1.82) is 0 Å².